The van der Waals surface area contributed by atoms with E-state index >= 15 is 0 Å². The Morgan fingerprint density at radius 2 is 1.96 bits per heavy atom. The molecule has 2 N–H and O–H groups in total. The van der Waals surface area contributed by atoms with Gasteiger partial charge in [0.25, 0.3) is 0 Å². The lowest BCUT2D eigenvalue weighted by Crippen LogP contribution is -2.15. The van der Waals surface area contributed by atoms with Gasteiger partial charge in [0.05, 0.1) is 6.10 Å². The number of benzene rings is 1. The van der Waals surface area contributed by atoms with Gasteiger partial charge in [0.2, 0.25) is 0 Å². The van der Waals surface area contributed by atoms with Crippen molar-refractivity contribution in [3.05, 3.63) is 29.3 Å². The zero-order valence-corrected chi connectivity index (χ0v) is 14.5. The molecule has 0 saturated carbocycles. The summed E-state index contributed by atoms with van der Waals surface area (Å²) in [7, 11) is 0. The van der Waals surface area contributed by atoms with Crippen LogP contribution in [0.4, 0.5) is 0 Å². The minimum Gasteiger partial charge on any atom is -0.508 e. The van der Waals surface area contributed by atoms with Gasteiger partial charge in [-0.25, -0.2) is 4.79 Å². The summed E-state index contributed by atoms with van der Waals surface area (Å²) in [5, 5.41) is 19.6. The Hall–Kier alpha value is -2.30. The summed E-state index contributed by atoms with van der Waals surface area (Å²) in [4.78, 5) is 23.5. The zero-order chi connectivity index (χ0) is 18.1. The lowest BCUT2D eigenvalue weighted by atomic mass is 10.0. The lowest BCUT2D eigenvalue weighted by Gasteiger charge is -2.13. The normalized spacial score (nSPS) is 12.3. The van der Waals surface area contributed by atoms with Crippen LogP contribution in [-0.2, 0) is 9.53 Å². The molecule has 0 aliphatic heterocycles. The van der Waals surface area contributed by atoms with Crippen molar-refractivity contribution in [1.82, 2.24) is 0 Å². The van der Waals surface area contributed by atoms with Crippen LogP contribution in [0, 0.1) is 0 Å². The number of unbranched alkanes of at least 4 members (excludes halogenated alkanes) is 1. The summed E-state index contributed by atoms with van der Waals surface area (Å²) in [6.07, 6.45) is 6.33. The van der Waals surface area contributed by atoms with E-state index in [1.54, 1.807) is 13.0 Å². The minimum absolute atomic E-state index is 0.0361. The number of phenols is 2. The van der Waals surface area contributed by atoms with Crippen molar-refractivity contribution in [3.8, 4) is 11.5 Å². The van der Waals surface area contributed by atoms with Crippen LogP contribution >= 0.6 is 0 Å². The van der Waals surface area contributed by atoms with Gasteiger partial charge in [0, 0.05) is 18.9 Å². The topological polar surface area (TPSA) is 83.8 Å². The Labute approximate surface area is 143 Å². The number of rotatable bonds is 9. The molecule has 0 saturated heterocycles. The predicted octanol–water partition coefficient (Wildman–Crippen LogP) is 4.22. The second-order valence-electron chi connectivity index (χ2n) is 5.74. The third kappa shape index (κ3) is 6.07. The van der Waals surface area contributed by atoms with Gasteiger partial charge in [0.1, 0.15) is 22.8 Å². The fourth-order valence-electron chi connectivity index (χ4n) is 2.12. The van der Waals surface area contributed by atoms with Gasteiger partial charge in [-0.1, -0.05) is 26.0 Å². The van der Waals surface area contributed by atoms with Crippen LogP contribution in [0.25, 0.3) is 6.08 Å². The number of allylic oxidation sites excluding steroid dienone is 1. The number of carbonyl (C=O) groups is 2. The van der Waals surface area contributed by atoms with Crippen LogP contribution in [0.15, 0.2) is 18.2 Å². The van der Waals surface area contributed by atoms with Crippen molar-refractivity contribution >= 4 is 17.8 Å². The van der Waals surface area contributed by atoms with Crippen LogP contribution in [-0.4, -0.2) is 28.1 Å². The molecule has 0 aromatic heterocycles. The Morgan fingerprint density at radius 3 is 2.58 bits per heavy atom. The standard InChI is InChI=1S/C19H26O5/c1-4-13(3)24-19(23)18-14(11-16(21)12-17(18)22)9-7-6-8-10-15(20)5-2/h7,9,11-13,21-22H,4-6,8,10H2,1-3H3. The Balaban J connectivity index is 2.88. The first kappa shape index (κ1) is 19.7. The van der Waals surface area contributed by atoms with Gasteiger partial charge >= 0.3 is 5.97 Å². The van der Waals surface area contributed by atoms with E-state index in [0.717, 1.165) is 12.5 Å². The number of hydrogen-bond acceptors (Lipinski definition) is 5. The second-order valence-corrected chi connectivity index (χ2v) is 5.74. The number of ketones is 1. The summed E-state index contributed by atoms with van der Waals surface area (Å²) in [6.45, 7) is 5.51. The summed E-state index contributed by atoms with van der Waals surface area (Å²) in [6, 6.07) is 2.52. The molecule has 0 aliphatic carbocycles. The first-order chi connectivity index (χ1) is 11.4. The van der Waals surface area contributed by atoms with Gasteiger partial charge in [0.15, 0.2) is 0 Å². The molecule has 1 aromatic rings. The van der Waals surface area contributed by atoms with Gasteiger partial charge in [-0.05, 0) is 37.8 Å². The highest BCUT2D eigenvalue weighted by Gasteiger charge is 2.19. The maximum absolute atomic E-state index is 12.2. The molecule has 0 spiro atoms. The molecule has 24 heavy (non-hydrogen) atoms. The number of aromatic hydroxyl groups is 2. The van der Waals surface area contributed by atoms with E-state index in [9.17, 15) is 19.8 Å². The molecule has 1 aromatic carbocycles. The Bertz CT molecular complexity index is 604. The average Bonchev–Trinajstić information content (AvgIpc) is 2.53. The third-order valence-electron chi connectivity index (χ3n) is 3.74. The fraction of sp³-hybridized carbons (Fsp3) is 0.474. The first-order valence-corrected chi connectivity index (χ1v) is 8.34. The molecule has 1 rings (SSSR count). The van der Waals surface area contributed by atoms with E-state index in [0.29, 0.717) is 31.2 Å². The van der Waals surface area contributed by atoms with E-state index in [2.05, 4.69) is 0 Å². The molecule has 0 amide bonds. The molecule has 0 heterocycles. The second kappa shape index (κ2) is 9.75. The van der Waals surface area contributed by atoms with E-state index in [-0.39, 0.29) is 28.9 Å². The summed E-state index contributed by atoms with van der Waals surface area (Å²) < 4.78 is 5.26. The quantitative estimate of drug-likeness (QED) is 0.522. The van der Waals surface area contributed by atoms with Crippen molar-refractivity contribution < 1.29 is 24.5 Å². The molecular weight excluding hydrogens is 308 g/mol. The molecule has 1 atom stereocenters. The number of carbonyl (C=O) groups excluding carboxylic acids is 2. The molecule has 5 heteroatoms. The Morgan fingerprint density at radius 1 is 1.25 bits per heavy atom. The van der Waals surface area contributed by atoms with Crippen LogP contribution < -0.4 is 0 Å². The molecule has 0 aliphatic rings. The minimum atomic E-state index is -0.623. The number of Topliss-reactive ketones (excluding diaryl/α,β-unsaturated/α-hetero) is 1. The Kier molecular flexibility index (Phi) is 8.02. The van der Waals surface area contributed by atoms with Crippen molar-refractivity contribution in [2.45, 2.75) is 59.0 Å². The van der Waals surface area contributed by atoms with Crippen LogP contribution in [0.3, 0.4) is 0 Å². The molecule has 132 valence electrons. The fourth-order valence-corrected chi connectivity index (χ4v) is 2.12. The molecule has 5 nitrogen and oxygen atoms in total. The van der Waals surface area contributed by atoms with Crippen molar-refractivity contribution in [1.29, 1.82) is 0 Å². The summed E-state index contributed by atoms with van der Waals surface area (Å²) in [5.41, 5.74) is 0.427. The average molecular weight is 334 g/mol. The number of hydrogen-bond donors (Lipinski definition) is 2. The highest BCUT2D eigenvalue weighted by Crippen LogP contribution is 2.29. The van der Waals surface area contributed by atoms with Gasteiger partial charge in [-0.3, -0.25) is 4.79 Å². The smallest absolute Gasteiger partial charge is 0.342 e. The van der Waals surface area contributed by atoms with E-state index in [4.69, 9.17) is 4.74 Å². The lowest BCUT2D eigenvalue weighted by molar-refractivity contribution is -0.118. The molecular formula is C19H26O5. The first-order valence-electron chi connectivity index (χ1n) is 8.34. The number of ether oxygens (including phenoxy) is 1. The van der Waals surface area contributed by atoms with Crippen LogP contribution in [0.1, 0.15) is 68.8 Å². The van der Waals surface area contributed by atoms with Gasteiger partial charge < -0.3 is 14.9 Å². The van der Waals surface area contributed by atoms with Gasteiger partial charge in [-0.2, -0.15) is 0 Å². The summed E-state index contributed by atoms with van der Waals surface area (Å²) >= 11 is 0. The maximum Gasteiger partial charge on any atom is 0.342 e. The van der Waals surface area contributed by atoms with Crippen molar-refractivity contribution in [2.24, 2.45) is 0 Å². The van der Waals surface area contributed by atoms with Gasteiger partial charge in [-0.15, -0.1) is 0 Å². The third-order valence-corrected chi connectivity index (χ3v) is 3.74. The molecule has 0 fully saturated rings. The van der Waals surface area contributed by atoms with Crippen LogP contribution in [0.2, 0.25) is 0 Å². The zero-order valence-electron chi connectivity index (χ0n) is 14.5. The van der Waals surface area contributed by atoms with E-state index in [1.807, 2.05) is 19.9 Å². The molecule has 1 unspecified atom stereocenters. The monoisotopic (exact) mass is 334 g/mol. The largest absolute Gasteiger partial charge is 0.508 e. The molecule has 0 bridgehead atoms. The van der Waals surface area contributed by atoms with Crippen molar-refractivity contribution in [2.75, 3.05) is 0 Å². The van der Waals surface area contributed by atoms with Crippen molar-refractivity contribution in [3.63, 3.8) is 0 Å². The maximum atomic E-state index is 12.2. The summed E-state index contributed by atoms with van der Waals surface area (Å²) in [5.74, 6) is -0.851. The number of phenolic OH excluding ortho intramolecular Hbond substituents is 2. The van der Waals surface area contributed by atoms with E-state index in [1.165, 1.54) is 6.07 Å². The number of esters is 1. The highest BCUT2D eigenvalue weighted by atomic mass is 16.5. The van der Waals surface area contributed by atoms with Crippen LogP contribution in [0.5, 0.6) is 11.5 Å². The highest BCUT2D eigenvalue weighted by molar-refractivity contribution is 5.97. The molecule has 0 radical (unpaired) electrons. The SMILES string of the molecule is CCC(=O)CCCC=Cc1cc(O)cc(O)c1C(=O)OC(C)CC. The van der Waals surface area contributed by atoms with E-state index < -0.39 is 5.97 Å². The predicted molar refractivity (Wildman–Crippen MR) is 93.1 cm³/mol.